The molecule has 280 valence electrons. The summed E-state index contributed by atoms with van der Waals surface area (Å²) in [5.74, 6) is -2.48. The largest absolute Gasteiger partial charge is 0.505 e. The highest BCUT2D eigenvalue weighted by molar-refractivity contribution is 6.51. The van der Waals surface area contributed by atoms with E-state index in [1.54, 1.807) is 54.6 Å². The van der Waals surface area contributed by atoms with Gasteiger partial charge >= 0.3 is 11.9 Å². The number of ketones is 2. The van der Waals surface area contributed by atoms with Crippen molar-refractivity contribution in [3.05, 3.63) is 134 Å². The van der Waals surface area contributed by atoms with Crippen LogP contribution in [0.2, 0.25) is 10.0 Å². The van der Waals surface area contributed by atoms with Crippen molar-refractivity contribution in [2.75, 3.05) is 11.9 Å². The Morgan fingerprint density at radius 1 is 0.796 bits per heavy atom. The molecule has 0 saturated carbocycles. The maximum absolute atomic E-state index is 11.8. The summed E-state index contributed by atoms with van der Waals surface area (Å²) in [5.41, 5.74) is 5.78. The van der Waals surface area contributed by atoms with Crippen molar-refractivity contribution < 1.29 is 38.9 Å². The van der Waals surface area contributed by atoms with E-state index in [1.807, 2.05) is 58.0 Å². The number of hydrogen-bond acceptors (Lipinski definition) is 8. The van der Waals surface area contributed by atoms with E-state index in [0.717, 1.165) is 22.3 Å². The third-order valence-corrected chi connectivity index (χ3v) is 8.88. The van der Waals surface area contributed by atoms with Crippen molar-refractivity contribution in [2.24, 2.45) is 0 Å². The summed E-state index contributed by atoms with van der Waals surface area (Å²) in [7, 11) is 0. The maximum Gasteiger partial charge on any atom is 0.340 e. The molecule has 0 unspecified atom stereocenters. The second-order valence-corrected chi connectivity index (χ2v) is 14.0. The lowest BCUT2D eigenvalue weighted by atomic mass is 9.95. The number of nitrogens with zero attached hydrogens (tertiary/aromatic N) is 1. The summed E-state index contributed by atoms with van der Waals surface area (Å²) in [5, 5.41) is 24.5. The van der Waals surface area contributed by atoms with Crippen molar-refractivity contribution in [3.63, 3.8) is 0 Å². The summed E-state index contributed by atoms with van der Waals surface area (Å²) in [6.45, 7) is 9.23. The van der Waals surface area contributed by atoms with Crippen molar-refractivity contribution in [1.82, 2.24) is 4.98 Å². The van der Waals surface area contributed by atoms with Gasteiger partial charge < -0.3 is 20.3 Å². The molecule has 0 spiro atoms. The average Bonchev–Trinajstić information content (AvgIpc) is 3.42. The molecule has 2 heterocycles. The van der Waals surface area contributed by atoms with Crippen molar-refractivity contribution in [1.29, 1.82) is 0 Å². The molecule has 3 N–H and O–H groups in total. The molecular weight excluding hydrogens is 731 g/mol. The minimum Gasteiger partial charge on any atom is -0.505 e. The number of aromatic carboxylic acids is 1. The summed E-state index contributed by atoms with van der Waals surface area (Å²) >= 11 is 11.6. The second kappa shape index (κ2) is 18.4. The van der Waals surface area contributed by atoms with E-state index in [2.05, 4.69) is 15.0 Å². The van der Waals surface area contributed by atoms with Gasteiger partial charge in [0.15, 0.2) is 11.5 Å². The molecule has 4 aromatic carbocycles. The molecular formula is C42H40Cl2N2O8. The van der Waals surface area contributed by atoms with Crippen LogP contribution < -0.4 is 5.32 Å². The Morgan fingerprint density at radius 3 is 1.91 bits per heavy atom. The van der Waals surface area contributed by atoms with E-state index in [4.69, 9.17) is 23.2 Å². The average molecular weight is 772 g/mol. The van der Waals surface area contributed by atoms with Crippen LogP contribution in [0.5, 0.6) is 5.75 Å². The Morgan fingerprint density at radius 2 is 1.35 bits per heavy atom. The first-order valence-corrected chi connectivity index (χ1v) is 17.8. The number of carbonyl (C=O) groups excluding carboxylic acids is 4. The molecule has 0 fully saturated rings. The van der Waals surface area contributed by atoms with Gasteiger partial charge in [-0.25, -0.2) is 9.78 Å². The number of nitrogens with one attached hydrogen (secondary N) is 1. The van der Waals surface area contributed by atoms with Crippen LogP contribution in [0.4, 0.5) is 5.69 Å². The fourth-order valence-corrected chi connectivity index (χ4v) is 5.94. The Labute approximate surface area is 323 Å². The highest BCUT2D eigenvalue weighted by Crippen LogP contribution is 2.34. The van der Waals surface area contributed by atoms with Crippen LogP contribution in [-0.4, -0.2) is 51.2 Å². The highest BCUT2D eigenvalue weighted by atomic mass is 35.5. The van der Waals surface area contributed by atoms with Crippen LogP contribution in [-0.2, 0) is 32.0 Å². The van der Waals surface area contributed by atoms with Crippen LogP contribution in [0.25, 0.3) is 10.9 Å². The van der Waals surface area contributed by atoms with Crippen LogP contribution in [0.15, 0.2) is 84.9 Å². The molecule has 1 aliphatic heterocycles. The third kappa shape index (κ3) is 10.5. The number of fused-ring (bicyclic) bond motifs is 2. The lowest BCUT2D eigenvalue weighted by Crippen LogP contribution is -2.13. The van der Waals surface area contributed by atoms with E-state index in [1.165, 1.54) is 6.92 Å². The molecule has 0 bridgehead atoms. The van der Waals surface area contributed by atoms with E-state index >= 15 is 0 Å². The zero-order valence-corrected chi connectivity index (χ0v) is 31.9. The molecule has 0 atom stereocenters. The number of halogens is 2. The van der Waals surface area contributed by atoms with Crippen LogP contribution in [0, 0.1) is 0 Å². The number of pyridine rings is 1. The molecule has 5 aromatic rings. The lowest BCUT2D eigenvalue weighted by molar-refractivity contribution is -0.145. The van der Waals surface area contributed by atoms with Crippen molar-refractivity contribution >= 4 is 69.2 Å². The Kier molecular flexibility index (Phi) is 14.1. The normalized spacial score (nSPS) is 11.6. The smallest absolute Gasteiger partial charge is 0.340 e. The molecule has 12 heteroatoms. The minimum atomic E-state index is -1.16. The molecule has 1 aliphatic rings. The molecule has 0 saturated heterocycles. The second-order valence-electron chi connectivity index (χ2n) is 13.1. The van der Waals surface area contributed by atoms with Crippen molar-refractivity contribution in [3.8, 4) is 5.75 Å². The Bertz CT molecular complexity index is 2200. The molecule has 10 nitrogen and oxygen atoms in total. The number of Topliss-reactive ketones (excluding diaryl/α,β-unsaturated/α-hetero) is 2. The van der Waals surface area contributed by atoms with E-state index < -0.39 is 23.6 Å². The van der Waals surface area contributed by atoms with Gasteiger partial charge in [0.2, 0.25) is 0 Å². The number of aromatic hydroxyl groups is 1. The number of aromatic nitrogens is 1. The van der Waals surface area contributed by atoms with Crippen LogP contribution in [0.3, 0.4) is 0 Å². The topological polar surface area (TPSA) is 160 Å². The monoisotopic (exact) mass is 770 g/mol. The number of carboxylic acid groups (broad SMARTS) is 1. The molecule has 6 rings (SSSR count). The summed E-state index contributed by atoms with van der Waals surface area (Å²) in [4.78, 5) is 60.6. The molecule has 0 aliphatic carbocycles. The fourth-order valence-electron chi connectivity index (χ4n) is 5.68. The quantitative estimate of drug-likeness (QED) is 0.0982. The van der Waals surface area contributed by atoms with E-state index in [0.29, 0.717) is 50.2 Å². The van der Waals surface area contributed by atoms with Crippen LogP contribution in [0.1, 0.15) is 95.1 Å². The number of carbonyl (C=O) groups is 5. The lowest BCUT2D eigenvalue weighted by Gasteiger charge is -2.15. The number of benzene rings is 4. The van der Waals surface area contributed by atoms with Gasteiger partial charge in [0.05, 0.1) is 22.5 Å². The zero-order valence-electron chi connectivity index (χ0n) is 30.4. The zero-order chi connectivity index (χ0) is 39.7. The first kappa shape index (κ1) is 41.2. The number of para-hydroxylation sites is 2. The molecule has 1 aromatic heterocycles. The SMILES string of the molecule is CC(=O)OCC(=O)Cc1ccc(Cl)cc1.CC(C)c1cccc2c(C(=O)O)c(O)c(Cc3ccc(Cl)cc3)nc12.CC(C)c1cccc2c1NC(=O)C2=O. The fraction of sp³-hybridized carbons (Fsp3) is 0.238. The summed E-state index contributed by atoms with van der Waals surface area (Å²) in [6.07, 6.45) is 0.579. The maximum atomic E-state index is 11.8. The molecule has 0 radical (unpaired) electrons. The number of hydrogen-bond donors (Lipinski definition) is 3. The summed E-state index contributed by atoms with van der Waals surface area (Å²) < 4.78 is 4.59. The summed E-state index contributed by atoms with van der Waals surface area (Å²) in [6, 6.07) is 25.0. The van der Waals surface area contributed by atoms with Gasteiger partial charge in [0.25, 0.3) is 11.7 Å². The van der Waals surface area contributed by atoms with Gasteiger partial charge in [-0.3, -0.25) is 19.2 Å². The predicted octanol–water partition coefficient (Wildman–Crippen LogP) is 8.97. The van der Waals surface area contributed by atoms with E-state index in [9.17, 15) is 34.2 Å². The van der Waals surface area contributed by atoms with Gasteiger partial charge in [-0.05, 0) is 64.4 Å². The minimum absolute atomic E-state index is 0.100. The Balaban J connectivity index is 0.000000193. The van der Waals surface area contributed by atoms with Gasteiger partial charge in [0, 0.05) is 35.2 Å². The van der Waals surface area contributed by atoms with Gasteiger partial charge in [0.1, 0.15) is 12.2 Å². The molecule has 54 heavy (non-hydrogen) atoms. The predicted molar refractivity (Wildman–Crippen MR) is 209 cm³/mol. The number of amides is 1. The van der Waals surface area contributed by atoms with Gasteiger partial charge in [-0.15, -0.1) is 0 Å². The number of anilines is 1. The first-order valence-electron chi connectivity index (χ1n) is 17.1. The van der Waals surface area contributed by atoms with Gasteiger partial charge in [-0.2, -0.15) is 0 Å². The number of carboxylic acids is 1. The van der Waals surface area contributed by atoms with Crippen molar-refractivity contribution in [2.45, 2.75) is 59.3 Å². The molecule has 1 amide bonds. The Hall–Kier alpha value is -5.58. The number of esters is 1. The van der Waals surface area contributed by atoms with Gasteiger partial charge in [-0.1, -0.05) is 105 Å². The first-order chi connectivity index (χ1) is 25.6. The number of ether oxygens (including phenoxy) is 1. The standard InChI is InChI=1S/C20H18ClNO3.C11H11ClO3.C11H11NO2/c1-11(2)14-4-3-5-15-17(20(24)25)19(23)16(22-18(14)15)10-12-6-8-13(21)9-7-12;1-8(13)15-7-11(14)6-9-2-4-10(12)5-3-9;1-6(2)7-4-3-5-8-9(7)12-11(14)10(8)13/h3-9,11,23H,10H2,1-2H3,(H,24,25);2-5H,6-7H2,1H3;3-6H,1-2H3,(H,12,13,14). The van der Waals surface area contributed by atoms with E-state index in [-0.39, 0.29) is 36.0 Å². The van der Waals surface area contributed by atoms with Crippen LogP contribution >= 0.6 is 23.2 Å². The highest BCUT2D eigenvalue weighted by Gasteiger charge is 2.30. The third-order valence-electron chi connectivity index (χ3n) is 8.37. The number of rotatable bonds is 9.